The van der Waals surface area contributed by atoms with Crippen molar-refractivity contribution in [3.63, 3.8) is 0 Å². The molecule has 132 valence electrons. The smallest absolute Gasteiger partial charge is 0.256 e. The molecule has 0 atom stereocenters. The highest BCUT2D eigenvalue weighted by molar-refractivity contribution is 7.95. The van der Waals surface area contributed by atoms with Gasteiger partial charge in [0.2, 0.25) is 0 Å². The summed E-state index contributed by atoms with van der Waals surface area (Å²) in [4.78, 5) is 8.02. The third-order valence-electron chi connectivity index (χ3n) is 3.62. The summed E-state index contributed by atoms with van der Waals surface area (Å²) in [5.74, 6) is 0.131. The number of aryl methyl sites for hydroxylation is 1. The molecule has 1 N–H and O–H groups in total. The maximum Gasteiger partial charge on any atom is 0.256 e. The molecule has 0 aliphatic heterocycles. The van der Waals surface area contributed by atoms with Crippen LogP contribution in [0, 0.1) is 6.92 Å². The SMILES string of the molecule is Cc1ccc(-c2c(Cl)ncnc2NS(=O)(=O)/C=C/c2ccccc2)cc1. The van der Waals surface area contributed by atoms with Gasteiger partial charge in [-0.05, 0) is 24.1 Å². The Bertz CT molecular complexity index is 1030. The molecule has 7 heteroatoms. The summed E-state index contributed by atoms with van der Waals surface area (Å²) < 4.78 is 27.3. The Morgan fingerprint density at radius 2 is 1.69 bits per heavy atom. The predicted molar refractivity (Wildman–Crippen MR) is 105 cm³/mol. The van der Waals surface area contributed by atoms with Crippen LogP contribution < -0.4 is 4.72 Å². The summed E-state index contributed by atoms with van der Waals surface area (Å²) in [6, 6.07) is 16.7. The minimum absolute atomic E-state index is 0.131. The molecule has 0 bridgehead atoms. The molecular weight excluding hydrogens is 370 g/mol. The van der Waals surface area contributed by atoms with E-state index < -0.39 is 10.0 Å². The number of hydrogen-bond acceptors (Lipinski definition) is 4. The lowest BCUT2D eigenvalue weighted by Crippen LogP contribution is -2.11. The van der Waals surface area contributed by atoms with Crippen molar-refractivity contribution in [1.29, 1.82) is 0 Å². The van der Waals surface area contributed by atoms with Gasteiger partial charge in [-0.15, -0.1) is 0 Å². The molecule has 0 saturated heterocycles. The van der Waals surface area contributed by atoms with Crippen molar-refractivity contribution in [2.75, 3.05) is 4.72 Å². The second kappa shape index (κ2) is 7.68. The van der Waals surface area contributed by atoms with Gasteiger partial charge < -0.3 is 0 Å². The third-order valence-corrected chi connectivity index (χ3v) is 4.88. The van der Waals surface area contributed by atoms with Gasteiger partial charge in [0, 0.05) is 0 Å². The second-order valence-corrected chi connectivity index (χ2v) is 7.54. The molecule has 0 unspecified atom stereocenters. The maximum atomic E-state index is 12.4. The van der Waals surface area contributed by atoms with Crippen LogP contribution in [0.5, 0.6) is 0 Å². The molecule has 0 aliphatic carbocycles. The highest BCUT2D eigenvalue weighted by atomic mass is 35.5. The van der Waals surface area contributed by atoms with E-state index in [9.17, 15) is 8.42 Å². The van der Waals surface area contributed by atoms with Gasteiger partial charge in [-0.25, -0.2) is 18.4 Å². The highest BCUT2D eigenvalue weighted by Gasteiger charge is 2.16. The first-order valence-corrected chi connectivity index (χ1v) is 9.70. The molecule has 5 nitrogen and oxygen atoms in total. The first-order chi connectivity index (χ1) is 12.4. The fourth-order valence-electron chi connectivity index (χ4n) is 2.32. The van der Waals surface area contributed by atoms with Gasteiger partial charge in [0.05, 0.1) is 11.0 Å². The van der Waals surface area contributed by atoms with Crippen molar-refractivity contribution in [3.05, 3.63) is 82.6 Å². The van der Waals surface area contributed by atoms with Gasteiger partial charge in [0.1, 0.15) is 11.5 Å². The zero-order valence-electron chi connectivity index (χ0n) is 13.9. The van der Waals surface area contributed by atoms with E-state index >= 15 is 0 Å². The Hall–Kier alpha value is -2.70. The van der Waals surface area contributed by atoms with Crippen LogP contribution >= 0.6 is 11.6 Å². The summed E-state index contributed by atoms with van der Waals surface area (Å²) in [7, 11) is -3.77. The second-order valence-electron chi connectivity index (χ2n) is 5.61. The largest absolute Gasteiger partial charge is 0.263 e. The van der Waals surface area contributed by atoms with E-state index in [1.165, 1.54) is 12.4 Å². The highest BCUT2D eigenvalue weighted by Crippen LogP contribution is 2.32. The normalized spacial score (nSPS) is 11.6. The zero-order chi connectivity index (χ0) is 18.6. The van der Waals surface area contributed by atoms with Crippen LogP contribution in [-0.2, 0) is 10.0 Å². The number of hydrogen-bond donors (Lipinski definition) is 1. The van der Waals surface area contributed by atoms with E-state index in [0.29, 0.717) is 5.56 Å². The molecule has 3 rings (SSSR count). The Balaban J connectivity index is 1.93. The summed E-state index contributed by atoms with van der Waals surface area (Å²) in [6.07, 6.45) is 2.73. The zero-order valence-corrected chi connectivity index (χ0v) is 15.5. The average molecular weight is 386 g/mol. The predicted octanol–water partition coefficient (Wildman–Crippen LogP) is 4.52. The van der Waals surface area contributed by atoms with Crippen molar-refractivity contribution in [2.24, 2.45) is 0 Å². The van der Waals surface area contributed by atoms with Crippen molar-refractivity contribution < 1.29 is 8.42 Å². The minimum Gasteiger partial charge on any atom is -0.263 e. The van der Waals surface area contributed by atoms with Gasteiger partial charge in [0.15, 0.2) is 5.82 Å². The molecule has 0 aliphatic rings. The minimum atomic E-state index is -3.77. The number of benzene rings is 2. The fraction of sp³-hybridized carbons (Fsp3) is 0.0526. The summed E-state index contributed by atoms with van der Waals surface area (Å²) in [6.45, 7) is 1.96. The van der Waals surface area contributed by atoms with Crippen LogP contribution in [0.15, 0.2) is 66.3 Å². The molecule has 1 heterocycles. The molecule has 1 aromatic heterocycles. The number of rotatable bonds is 5. The third kappa shape index (κ3) is 4.47. The summed E-state index contributed by atoms with van der Waals surface area (Å²) in [5.41, 5.74) is 3.02. The Morgan fingerprint density at radius 1 is 1.00 bits per heavy atom. The molecule has 0 amide bonds. The molecule has 26 heavy (non-hydrogen) atoms. The fourth-order valence-corrected chi connectivity index (χ4v) is 3.39. The topological polar surface area (TPSA) is 72.0 Å². The number of nitrogens with zero attached hydrogens (tertiary/aromatic N) is 2. The van der Waals surface area contributed by atoms with E-state index in [-0.39, 0.29) is 11.0 Å². The van der Waals surface area contributed by atoms with Gasteiger partial charge >= 0.3 is 0 Å². The first-order valence-electron chi connectivity index (χ1n) is 7.78. The number of anilines is 1. The summed E-state index contributed by atoms with van der Waals surface area (Å²) >= 11 is 6.20. The van der Waals surface area contributed by atoms with E-state index in [4.69, 9.17) is 11.6 Å². The van der Waals surface area contributed by atoms with E-state index in [2.05, 4.69) is 14.7 Å². The molecule has 3 aromatic rings. The Morgan fingerprint density at radius 3 is 2.38 bits per heavy atom. The average Bonchev–Trinajstić information content (AvgIpc) is 2.62. The standard InChI is InChI=1S/C19H16ClN3O2S/c1-14-7-9-16(10-8-14)17-18(20)21-13-22-19(17)23-26(24,25)12-11-15-5-3-2-4-6-15/h2-13H,1H3,(H,21,22,23)/b12-11+. The molecule has 2 aromatic carbocycles. The lowest BCUT2D eigenvalue weighted by Gasteiger charge is -2.11. The lowest BCUT2D eigenvalue weighted by molar-refractivity contribution is 0.609. The van der Waals surface area contributed by atoms with Gasteiger partial charge in [-0.3, -0.25) is 4.72 Å². The monoisotopic (exact) mass is 385 g/mol. The van der Waals surface area contributed by atoms with Crippen LogP contribution in [-0.4, -0.2) is 18.4 Å². The quantitative estimate of drug-likeness (QED) is 0.655. The van der Waals surface area contributed by atoms with Crippen molar-refractivity contribution in [1.82, 2.24) is 9.97 Å². The van der Waals surface area contributed by atoms with Crippen molar-refractivity contribution >= 4 is 33.5 Å². The van der Waals surface area contributed by atoms with Gasteiger partial charge in [-0.1, -0.05) is 71.8 Å². The van der Waals surface area contributed by atoms with Crippen molar-refractivity contribution in [3.8, 4) is 11.1 Å². The maximum absolute atomic E-state index is 12.4. The molecular formula is C19H16ClN3O2S. The van der Waals surface area contributed by atoms with E-state index in [0.717, 1.165) is 22.1 Å². The Kier molecular flexibility index (Phi) is 5.35. The molecule has 0 saturated carbocycles. The van der Waals surface area contributed by atoms with Crippen LogP contribution in [0.3, 0.4) is 0 Å². The van der Waals surface area contributed by atoms with Crippen molar-refractivity contribution in [2.45, 2.75) is 6.92 Å². The van der Waals surface area contributed by atoms with Gasteiger partial charge in [0.25, 0.3) is 10.0 Å². The van der Waals surface area contributed by atoms with Crippen LogP contribution in [0.1, 0.15) is 11.1 Å². The Labute approximate surface area is 157 Å². The van der Waals surface area contributed by atoms with Gasteiger partial charge in [-0.2, -0.15) is 0 Å². The number of aromatic nitrogens is 2. The van der Waals surface area contributed by atoms with Crippen LogP contribution in [0.25, 0.3) is 17.2 Å². The number of sulfonamides is 1. The molecule has 0 fully saturated rings. The van der Waals surface area contributed by atoms with E-state index in [1.807, 2.05) is 61.5 Å². The molecule has 0 radical (unpaired) electrons. The van der Waals surface area contributed by atoms with Crippen LogP contribution in [0.4, 0.5) is 5.82 Å². The molecule has 0 spiro atoms. The van der Waals surface area contributed by atoms with Crippen LogP contribution in [0.2, 0.25) is 5.15 Å². The first kappa shape index (κ1) is 18.1. The number of halogens is 1. The lowest BCUT2D eigenvalue weighted by atomic mass is 10.1. The van der Waals surface area contributed by atoms with E-state index in [1.54, 1.807) is 0 Å². The summed E-state index contributed by atoms with van der Waals surface area (Å²) in [5, 5.41) is 1.27. The number of nitrogens with one attached hydrogen (secondary N) is 1.